The van der Waals surface area contributed by atoms with Gasteiger partial charge in [-0.1, -0.05) is 13.8 Å². The maximum atomic E-state index is 11.0. The number of amides is 2. The van der Waals surface area contributed by atoms with Crippen molar-refractivity contribution in [2.24, 2.45) is 0 Å². The van der Waals surface area contributed by atoms with Crippen LogP contribution in [0.25, 0.3) is 0 Å². The first kappa shape index (κ1) is 8.37. The summed E-state index contributed by atoms with van der Waals surface area (Å²) in [4.78, 5) is 11.0. The summed E-state index contributed by atoms with van der Waals surface area (Å²) < 4.78 is 0. The van der Waals surface area contributed by atoms with Gasteiger partial charge in [0.05, 0.1) is 0 Å². The largest absolute Gasteiger partial charge is 0.335 e. The summed E-state index contributed by atoms with van der Waals surface area (Å²) >= 11 is 0. The average Bonchev–Trinajstić information content (AvgIpc) is 2.03. The first-order valence-electron chi connectivity index (χ1n) is 4.33. The van der Waals surface area contributed by atoms with Crippen LogP contribution in [0.4, 0.5) is 4.79 Å². The molecule has 3 heteroatoms. The van der Waals surface area contributed by atoms with Crippen LogP contribution in [-0.2, 0) is 0 Å². The lowest BCUT2D eigenvalue weighted by Crippen LogP contribution is -2.53. The van der Waals surface area contributed by atoms with Crippen LogP contribution in [0.3, 0.4) is 0 Å². The van der Waals surface area contributed by atoms with Crippen LogP contribution in [0, 0.1) is 0 Å². The molecule has 0 aromatic rings. The van der Waals surface area contributed by atoms with Gasteiger partial charge < -0.3 is 10.6 Å². The lowest BCUT2D eigenvalue weighted by Gasteiger charge is -2.29. The molecule has 1 rings (SSSR count). The van der Waals surface area contributed by atoms with E-state index in [1.54, 1.807) is 0 Å². The molecule has 2 atom stereocenters. The summed E-state index contributed by atoms with van der Waals surface area (Å²) in [7, 11) is 0. The fraction of sp³-hybridized carbons (Fsp3) is 0.875. The number of carbonyl (C=O) groups is 1. The quantitative estimate of drug-likeness (QED) is 0.620. The Morgan fingerprint density at radius 3 is 2.09 bits per heavy atom. The minimum Gasteiger partial charge on any atom is -0.335 e. The van der Waals surface area contributed by atoms with Crippen molar-refractivity contribution in [2.45, 2.75) is 45.2 Å². The van der Waals surface area contributed by atoms with Gasteiger partial charge in [-0.3, -0.25) is 0 Å². The molecule has 2 unspecified atom stereocenters. The van der Waals surface area contributed by atoms with E-state index in [0.29, 0.717) is 12.1 Å². The Labute approximate surface area is 67.5 Å². The molecule has 2 N–H and O–H groups in total. The summed E-state index contributed by atoms with van der Waals surface area (Å²) in [6.45, 7) is 4.20. The summed E-state index contributed by atoms with van der Waals surface area (Å²) in [6.07, 6.45) is 3.13. The van der Waals surface area contributed by atoms with E-state index in [1.165, 1.54) is 0 Å². The molecule has 1 aliphatic heterocycles. The minimum absolute atomic E-state index is 0.00468. The maximum Gasteiger partial charge on any atom is 0.315 e. The van der Waals surface area contributed by atoms with Crippen molar-refractivity contribution in [3.8, 4) is 0 Å². The molecule has 0 aliphatic carbocycles. The summed E-state index contributed by atoms with van der Waals surface area (Å²) in [6, 6.07) is 0.761. The summed E-state index contributed by atoms with van der Waals surface area (Å²) in [5.74, 6) is 0. The number of hydrogen-bond acceptors (Lipinski definition) is 1. The monoisotopic (exact) mass is 156 g/mol. The van der Waals surface area contributed by atoms with Crippen molar-refractivity contribution in [1.82, 2.24) is 10.6 Å². The summed E-state index contributed by atoms with van der Waals surface area (Å²) in [5.41, 5.74) is 0. The predicted molar refractivity (Wildman–Crippen MR) is 44.4 cm³/mol. The normalized spacial score (nSPS) is 30.9. The van der Waals surface area contributed by atoms with Gasteiger partial charge in [-0.15, -0.1) is 0 Å². The maximum absolute atomic E-state index is 11.0. The third-order valence-corrected chi connectivity index (χ3v) is 2.23. The van der Waals surface area contributed by atoms with Crippen molar-refractivity contribution in [3.05, 3.63) is 0 Å². The third kappa shape index (κ3) is 2.10. The van der Waals surface area contributed by atoms with Crippen LogP contribution in [0.5, 0.6) is 0 Å². The van der Waals surface area contributed by atoms with Crippen molar-refractivity contribution in [1.29, 1.82) is 0 Å². The molecule has 0 aromatic carbocycles. The number of hydrogen-bond donors (Lipinski definition) is 2. The van der Waals surface area contributed by atoms with Crippen LogP contribution in [0.2, 0.25) is 0 Å². The molecule has 0 bridgehead atoms. The van der Waals surface area contributed by atoms with Gasteiger partial charge in [0.25, 0.3) is 0 Å². The van der Waals surface area contributed by atoms with Crippen molar-refractivity contribution >= 4 is 6.03 Å². The molecule has 1 fully saturated rings. The highest BCUT2D eigenvalue weighted by atomic mass is 16.2. The molecule has 1 aliphatic rings. The molecule has 0 radical (unpaired) electrons. The second kappa shape index (κ2) is 3.60. The molecule has 0 saturated carbocycles. The molecule has 0 spiro atoms. The Hall–Kier alpha value is -0.730. The molecule has 2 amide bonds. The minimum atomic E-state index is -0.00468. The zero-order valence-corrected chi connectivity index (χ0v) is 7.18. The third-order valence-electron chi connectivity index (χ3n) is 2.23. The van der Waals surface area contributed by atoms with Gasteiger partial charge in [-0.05, 0) is 19.3 Å². The Morgan fingerprint density at radius 1 is 1.27 bits per heavy atom. The highest BCUT2D eigenvalue weighted by molar-refractivity contribution is 5.75. The molecule has 0 aromatic heterocycles. The van der Waals surface area contributed by atoms with Crippen LogP contribution in [0.1, 0.15) is 33.1 Å². The highest BCUT2D eigenvalue weighted by Gasteiger charge is 2.22. The smallest absolute Gasteiger partial charge is 0.315 e. The van der Waals surface area contributed by atoms with Gasteiger partial charge in [0.2, 0.25) is 0 Å². The Morgan fingerprint density at radius 2 is 1.73 bits per heavy atom. The molecule has 11 heavy (non-hydrogen) atoms. The zero-order chi connectivity index (χ0) is 8.27. The van der Waals surface area contributed by atoms with Crippen molar-refractivity contribution < 1.29 is 4.79 Å². The zero-order valence-electron chi connectivity index (χ0n) is 7.18. The molecular formula is C8H16N2O. The van der Waals surface area contributed by atoms with Gasteiger partial charge in [0.1, 0.15) is 0 Å². The van der Waals surface area contributed by atoms with E-state index in [0.717, 1.165) is 19.3 Å². The lowest BCUT2D eigenvalue weighted by atomic mass is 10.0. The van der Waals surface area contributed by atoms with Gasteiger partial charge in [0.15, 0.2) is 0 Å². The van der Waals surface area contributed by atoms with Crippen LogP contribution in [-0.4, -0.2) is 18.1 Å². The molecule has 1 saturated heterocycles. The van der Waals surface area contributed by atoms with E-state index in [-0.39, 0.29) is 6.03 Å². The molecule has 3 nitrogen and oxygen atoms in total. The second-order valence-corrected chi connectivity index (χ2v) is 3.06. The van der Waals surface area contributed by atoms with E-state index in [9.17, 15) is 4.79 Å². The lowest BCUT2D eigenvalue weighted by molar-refractivity contribution is 0.216. The average molecular weight is 156 g/mol. The van der Waals surface area contributed by atoms with Crippen LogP contribution < -0.4 is 10.6 Å². The van der Waals surface area contributed by atoms with Gasteiger partial charge in [-0.2, -0.15) is 0 Å². The highest BCUT2D eigenvalue weighted by Crippen LogP contribution is 2.09. The van der Waals surface area contributed by atoms with E-state index in [2.05, 4.69) is 24.5 Å². The van der Waals surface area contributed by atoms with Gasteiger partial charge in [0, 0.05) is 12.1 Å². The van der Waals surface area contributed by atoms with Gasteiger partial charge in [-0.25, -0.2) is 4.79 Å². The van der Waals surface area contributed by atoms with E-state index in [4.69, 9.17) is 0 Å². The van der Waals surface area contributed by atoms with Crippen molar-refractivity contribution in [2.75, 3.05) is 0 Å². The fourth-order valence-electron chi connectivity index (χ4n) is 1.41. The van der Waals surface area contributed by atoms with E-state index in [1.807, 2.05) is 0 Å². The van der Waals surface area contributed by atoms with E-state index >= 15 is 0 Å². The summed E-state index contributed by atoms with van der Waals surface area (Å²) in [5, 5.41) is 5.76. The number of carbonyl (C=O) groups excluding carboxylic acids is 1. The first-order chi connectivity index (χ1) is 5.26. The Bertz CT molecular complexity index is 133. The SMILES string of the molecule is CCC1CC(CC)NC(=O)N1. The Kier molecular flexibility index (Phi) is 2.74. The number of nitrogens with one attached hydrogen (secondary N) is 2. The predicted octanol–water partition coefficient (Wildman–Crippen LogP) is 1.25. The Balaban J connectivity index is 2.43. The topological polar surface area (TPSA) is 41.1 Å². The molecule has 64 valence electrons. The first-order valence-corrected chi connectivity index (χ1v) is 4.33. The number of urea groups is 1. The molecular weight excluding hydrogens is 140 g/mol. The van der Waals surface area contributed by atoms with Gasteiger partial charge >= 0.3 is 6.03 Å². The van der Waals surface area contributed by atoms with E-state index < -0.39 is 0 Å². The second-order valence-electron chi connectivity index (χ2n) is 3.06. The van der Waals surface area contributed by atoms with Crippen LogP contribution in [0.15, 0.2) is 0 Å². The fourth-order valence-corrected chi connectivity index (χ4v) is 1.41. The van der Waals surface area contributed by atoms with Crippen molar-refractivity contribution in [3.63, 3.8) is 0 Å². The van der Waals surface area contributed by atoms with Crippen LogP contribution >= 0.6 is 0 Å². The number of rotatable bonds is 2. The molecule has 1 heterocycles. The standard InChI is InChI=1S/C8H16N2O/c1-3-6-5-7(4-2)10-8(11)9-6/h6-7H,3-5H2,1-2H3,(H2,9,10,11).